The van der Waals surface area contributed by atoms with Gasteiger partial charge in [-0.25, -0.2) is 9.78 Å². The number of oxazole rings is 1. The van der Waals surface area contributed by atoms with Gasteiger partial charge in [-0.15, -0.1) is 11.3 Å². The lowest BCUT2D eigenvalue weighted by Crippen LogP contribution is -2.40. The van der Waals surface area contributed by atoms with Gasteiger partial charge in [0.25, 0.3) is 5.91 Å². The van der Waals surface area contributed by atoms with Crippen LogP contribution >= 0.6 is 22.9 Å². The molecule has 0 unspecified atom stereocenters. The van der Waals surface area contributed by atoms with E-state index in [2.05, 4.69) is 4.98 Å². The Hall–Kier alpha value is -2.38. The second-order valence-electron chi connectivity index (χ2n) is 6.35. The smallest absolute Gasteiger partial charge is 0.348 e. The van der Waals surface area contributed by atoms with E-state index in [0.717, 1.165) is 41.2 Å². The van der Waals surface area contributed by atoms with Crippen molar-refractivity contribution in [3.8, 4) is 0 Å². The van der Waals surface area contributed by atoms with Crippen LogP contribution in [0.4, 0.5) is 0 Å². The summed E-state index contributed by atoms with van der Waals surface area (Å²) in [5.74, 6) is 0.199. The molecule has 1 amide bonds. The van der Waals surface area contributed by atoms with Crippen LogP contribution in [0.5, 0.6) is 0 Å². The standard InChI is InChI=1S/C19H17ClN2O4S/c20-16-6-5-15(27-16)19(24)25-11-17(23)22-9-7-12(8-10-22)18-21-13-3-1-2-4-14(13)26-18/h1-6,12H,7-11H2. The molecule has 1 saturated heterocycles. The molecule has 140 valence electrons. The molecule has 1 aliphatic heterocycles. The predicted molar refractivity (Wildman–Crippen MR) is 102 cm³/mol. The molecule has 0 bridgehead atoms. The molecule has 0 atom stereocenters. The zero-order chi connectivity index (χ0) is 18.8. The van der Waals surface area contributed by atoms with Crippen LogP contribution < -0.4 is 0 Å². The van der Waals surface area contributed by atoms with Gasteiger partial charge in [-0.3, -0.25) is 4.79 Å². The van der Waals surface area contributed by atoms with Crippen LogP contribution in [0.15, 0.2) is 40.8 Å². The minimum absolute atomic E-state index is 0.192. The number of amides is 1. The second kappa shape index (κ2) is 7.70. The summed E-state index contributed by atoms with van der Waals surface area (Å²) in [6, 6.07) is 10.9. The van der Waals surface area contributed by atoms with Crippen molar-refractivity contribution in [3.63, 3.8) is 0 Å². The molecular formula is C19H17ClN2O4S. The Morgan fingerprint density at radius 3 is 2.70 bits per heavy atom. The van der Waals surface area contributed by atoms with Gasteiger partial charge in [0.2, 0.25) is 0 Å². The van der Waals surface area contributed by atoms with Gasteiger partial charge in [-0.05, 0) is 37.1 Å². The number of carbonyl (C=O) groups excluding carboxylic acids is 2. The van der Waals surface area contributed by atoms with Crippen molar-refractivity contribution in [1.29, 1.82) is 0 Å². The minimum atomic E-state index is -0.526. The summed E-state index contributed by atoms with van der Waals surface area (Å²) >= 11 is 6.93. The number of likely N-dealkylation sites (tertiary alicyclic amines) is 1. The van der Waals surface area contributed by atoms with E-state index in [9.17, 15) is 9.59 Å². The maximum absolute atomic E-state index is 12.3. The maximum atomic E-state index is 12.3. The molecule has 3 heterocycles. The number of carbonyl (C=O) groups is 2. The quantitative estimate of drug-likeness (QED) is 0.612. The largest absolute Gasteiger partial charge is 0.451 e. The number of esters is 1. The zero-order valence-corrected chi connectivity index (χ0v) is 16.0. The highest BCUT2D eigenvalue weighted by atomic mass is 35.5. The lowest BCUT2D eigenvalue weighted by atomic mass is 9.97. The van der Waals surface area contributed by atoms with Crippen LogP contribution in [-0.4, -0.2) is 41.5 Å². The first kappa shape index (κ1) is 18.0. The molecule has 4 rings (SSSR count). The van der Waals surface area contributed by atoms with E-state index in [1.54, 1.807) is 17.0 Å². The molecule has 1 fully saturated rings. The highest BCUT2D eigenvalue weighted by Crippen LogP contribution is 2.30. The summed E-state index contributed by atoms with van der Waals surface area (Å²) in [6.45, 7) is 0.914. The summed E-state index contributed by atoms with van der Waals surface area (Å²) in [6.07, 6.45) is 1.54. The average Bonchev–Trinajstić information content (AvgIpc) is 3.32. The number of hydrogen-bond acceptors (Lipinski definition) is 6. The Balaban J connectivity index is 1.29. The molecule has 1 aliphatic rings. The number of hydrogen-bond donors (Lipinski definition) is 0. The third-order valence-electron chi connectivity index (χ3n) is 4.61. The number of halogens is 1. The normalized spacial score (nSPS) is 15.2. The Morgan fingerprint density at radius 2 is 2.00 bits per heavy atom. The summed E-state index contributed by atoms with van der Waals surface area (Å²) in [4.78, 5) is 30.9. The van der Waals surface area contributed by atoms with E-state index >= 15 is 0 Å². The maximum Gasteiger partial charge on any atom is 0.348 e. The predicted octanol–water partition coefficient (Wildman–Crippen LogP) is 4.11. The number of nitrogens with zero attached hydrogens (tertiary/aromatic N) is 2. The van der Waals surface area contributed by atoms with E-state index in [0.29, 0.717) is 22.3 Å². The van der Waals surface area contributed by atoms with Gasteiger partial charge in [-0.2, -0.15) is 0 Å². The highest BCUT2D eigenvalue weighted by molar-refractivity contribution is 7.17. The number of ether oxygens (including phenoxy) is 1. The van der Waals surface area contributed by atoms with Gasteiger partial charge in [0.1, 0.15) is 10.4 Å². The number of piperidine rings is 1. The van der Waals surface area contributed by atoms with Crippen LogP contribution in [0, 0.1) is 0 Å². The van der Waals surface area contributed by atoms with E-state index in [1.165, 1.54) is 0 Å². The van der Waals surface area contributed by atoms with Crippen molar-refractivity contribution in [1.82, 2.24) is 9.88 Å². The molecule has 8 heteroatoms. The first-order valence-electron chi connectivity index (χ1n) is 8.66. The summed E-state index contributed by atoms with van der Waals surface area (Å²) in [5, 5.41) is 0. The topological polar surface area (TPSA) is 72.6 Å². The van der Waals surface area contributed by atoms with Crippen LogP contribution in [0.2, 0.25) is 4.34 Å². The van der Waals surface area contributed by atoms with Gasteiger partial charge in [0.05, 0.1) is 4.34 Å². The molecule has 0 radical (unpaired) electrons. The number of rotatable bonds is 4. The highest BCUT2D eigenvalue weighted by Gasteiger charge is 2.27. The summed E-state index contributed by atoms with van der Waals surface area (Å²) in [5.41, 5.74) is 1.64. The zero-order valence-electron chi connectivity index (χ0n) is 14.4. The molecule has 0 aliphatic carbocycles. The van der Waals surface area contributed by atoms with Crippen LogP contribution in [0.3, 0.4) is 0 Å². The van der Waals surface area contributed by atoms with E-state index < -0.39 is 5.97 Å². The van der Waals surface area contributed by atoms with E-state index in [-0.39, 0.29) is 18.4 Å². The molecule has 6 nitrogen and oxygen atoms in total. The van der Waals surface area contributed by atoms with Crippen molar-refractivity contribution in [2.24, 2.45) is 0 Å². The first-order chi connectivity index (χ1) is 13.1. The van der Waals surface area contributed by atoms with E-state index in [4.69, 9.17) is 20.8 Å². The van der Waals surface area contributed by atoms with Gasteiger partial charge < -0.3 is 14.1 Å². The fourth-order valence-electron chi connectivity index (χ4n) is 3.15. The Kier molecular flexibility index (Phi) is 5.13. The number of fused-ring (bicyclic) bond motifs is 1. The molecule has 0 saturated carbocycles. The molecule has 2 aromatic heterocycles. The van der Waals surface area contributed by atoms with Crippen molar-refractivity contribution in [3.05, 3.63) is 51.5 Å². The number of thiophene rings is 1. The fraction of sp³-hybridized carbons (Fsp3) is 0.316. The van der Waals surface area contributed by atoms with Crippen LogP contribution in [0.1, 0.15) is 34.3 Å². The lowest BCUT2D eigenvalue weighted by molar-refractivity contribution is -0.135. The minimum Gasteiger partial charge on any atom is -0.451 e. The van der Waals surface area contributed by atoms with Crippen LogP contribution in [0.25, 0.3) is 11.1 Å². The molecule has 0 spiro atoms. The van der Waals surface area contributed by atoms with Crippen LogP contribution in [-0.2, 0) is 9.53 Å². The van der Waals surface area contributed by atoms with Gasteiger partial charge in [0, 0.05) is 19.0 Å². The molecular weight excluding hydrogens is 388 g/mol. The molecule has 1 aromatic carbocycles. The second-order valence-corrected chi connectivity index (χ2v) is 8.07. The number of aromatic nitrogens is 1. The third-order valence-corrected chi connectivity index (χ3v) is 5.82. The Bertz CT molecular complexity index is 942. The van der Waals surface area contributed by atoms with Crippen molar-refractivity contribution < 1.29 is 18.7 Å². The summed E-state index contributed by atoms with van der Waals surface area (Å²) < 4.78 is 11.4. The Morgan fingerprint density at radius 1 is 1.22 bits per heavy atom. The fourth-order valence-corrected chi connectivity index (χ4v) is 4.09. The lowest BCUT2D eigenvalue weighted by Gasteiger charge is -2.30. The monoisotopic (exact) mass is 404 g/mol. The number of benzene rings is 1. The van der Waals surface area contributed by atoms with Gasteiger partial charge in [-0.1, -0.05) is 23.7 Å². The number of para-hydroxylation sites is 2. The van der Waals surface area contributed by atoms with E-state index in [1.807, 2.05) is 24.3 Å². The molecule has 3 aromatic rings. The van der Waals surface area contributed by atoms with Gasteiger partial charge in [0.15, 0.2) is 18.1 Å². The van der Waals surface area contributed by atoms with Crippen molar-refractivity contribution >= 4 is 45.9 Å². The third kappa shape index (κ3) is 3.99. The SMILES string of the molecule is O=C(OCC(=O)N1CCC(c2nc3ccccc3o2)CC1)c1ccc(Cl)s1. The van der Waals surface area contributed by atoms with Crippen molar-refractivity contribution in [2.75, 3.05) is 19.7 Å². The Labute approximate surface area is 164 Å². The van der Waals surface area contributed by atoms with Gasteiger partial charge >= 0.3 is 5.97 Å². The summed E-state index contributed by atoms with van der Waals surface area (Å²) in [7, 11) is 0. The first-order valence-corrected chi connectivity index (χ1v) is 9.85. The molecule has 0 N–H and O–H groups in total. The average molecular weight is 405 g/mol. The van der Waals surface area contributed by atoms with Crippen molar-refractivity contribution in [2.45, 2.75) is 18.8 Å². The molecule has 27 heavy (non-hydrogen) atoms.